The van der Waals surface area contributed by atoms with Crippen LogP contribution in [-0.4, -0.2) is 50.6 Å². The third kappa shape index (κ3) is 3.97. The predicted molar refractivity (Wildman–Crippen MR) is 74.4 cm³/mol. The van der Waals surface area contributed by atoms with Crippen LogP contribution in [0.25, 0.3) is 0 Å². The minimum Gasteiger partial charge on any atom is -0.480 e. The van der Waals surface area contributed by atoms with Crippen LogP contribution in [0, 0.1) is 0 Å². The molecular formula is C13H22N4O3. The molecule has 0 bridgehead atoms. The number of hydrogen-bond acceptors (Lipinski definition) is 3. The predicted octanol–water partition coefficient (Wildman–Crippen LogP) is 1.24. The number of urea groups is 1. The first-order valence-electron chi connectivity index (χ1n) is 6.52. The average molecular weight is 282 g/mol. The summed E-state index contributed by atoms with van der Waals surface area (Å²) in [7, 11) is 1.66. The number of H-pyrrole nitrogens is 1. The van der Waals surface area contributed by atoms with Gasteiger partial charge in [-0.25, -0.2) is 14.6 Å². The van der Waals surface area contributed by atoms with E-state index < -0.39 is 18.0 Å². The monoisotopic (exact) mass is 282 g/mol. The molecule has 0 spiro atoms. The van der Waals surface area contributed by atoms with Crippen molar-refractivity contribution >= 4 is 12.0 Å². The smallest absolute Gasteiger partial charge is 0.326 e. The van der Waals surface area contributed by atoms with E-state index in [2.05, 4.69) is 15.3 Å². The number of carboxylic acid groups (broad SMARTS) is 1. The molecule has 0 aliphatic heterocycles. The number of carbonyl (C=O) groups is 2. The summed E-state index contributed by atoms with van der Waals surface area (Å²) in [6, 6.07) is -1.39. The second-order valence-electron chi connectivity index (χ2n) is 5.35. The fraction of sp³-hybridized carbons (Fsp3) is 0.615. The number of aromatic amines is 1. The first kappa shape index (κ1) is 16.0. The normalized spacial score (nSPS) is 12.8. The van der Waals surface area contributed by atoms with Gasteiger partial charge in [0, 0.05) is 30.9 Å². The molecule has 1 rings (SSSR count). The number of rotatable bonds is 6. The van der Waals surface area contributed by atoms with Crippen molar-refractivity contribution in [3.05, 3.63) is 18.2 Å². The Hall–Kier alpha value is -2.05. The number of imidazole rings is 1. The van der Waals surface area contributed by atoms with E-state index in [0.717, 1.165) is 6.42 Å². The van der Waals surface area contributed by atoms with Gasteiger partial charge in [-0.3, -0.25) is 0 Å². The lowest BCUT2D eigenvalue weighted by atomic mass is 10.0. The molecule has 112 valence electrons. The van der Waals surface area contributed by atoms with Gasteiger partial charge in [0.25, 0.3) is 0 Å². The first-order chi connectivity index (χ1) is 9.27. The topological polar surface area (TPSA) is 98.3 Å². The minimum absolute atomic E-state index is 0.168. The molecule has 0 aromatic carbocycles. The first-order valence-corrected chi connectivity index (χ1v) is 6.52. The molecule has 0 unspecified atom stereocenters. The van der Waals surface area contributed by atoms with Gasteiger partial charge in [-0.2, -0.15) is 0 Å². The van der Waals surface area contributed by atoms with E-state index >= 15 is 0 Å². The van der Waals surface area contributed by atoms with Gasteiger partial charge in [0.2, 0.25) is 0 Å². The van der Waals surface area contributed by atoms with Crippen LogP contribution in [0.3, 0.4) is 0 Å². The number of carboxylic acids is 1. The molecule has 0 aliphatic carbocycles. The molecule has 1 heterocycles. The Bertz CT molecular complexity index is 456. The van der Waals surface area contributed by atoms with Gasteiger partial charge in [0.05, 0.1) is 6.33 Å². The third-order valence-corrected chi connectivity index (χ3v) is 3.65. The van der Waals surface area contributed by atoms with Crippen LogP contribution in [-0.2, 0) is 11.2 Å². The lowest BCUT2D eigenvalue weighted by Gasteiger charge is -2.35. The Labute approximate surface area is 118 Å². The van der Waals surface area contributed by atoms with Crippen molar-refractivity contribution in [1.82, 2.24) is 20.2 Å². The van der Waals surface area contributed by atoms with Crippen LogP contribution in [0.2, 0.25) is 0 Å². The molecule has 1 atom stereocenters. The standard InChI is InChI=1S/C13H22N4O3/c1-5-13(2,3)17(4)12(20)16-10(11(18)19)6-9-7-14-8-15-9/h7-8,10H,5-6H2,1-4H3,(H,14,15)(H,16,20)(H,18,19)/t10-/m1/s1. The van der Waals surface area contributed by atoms with Crippen LogP contribution in [0.4, 0.5) is 4.79 Å². The zero-order chi connectivity index (χ0) is 15.3. The summed E-state index contributed by atoms with van der Waals surface area (Å²) in [6.07, 6.45) is 3.96. The van der Waals surface area contributed by atoms with E-state index in [4.69, 9.17) is 0 Å². The molecule has 0 radical (unpaired) electrons. The fourth-order valence-corrected chi connectivity index (χ4v) is 1.57. The molecule has 1 aromatic heterocycles. The Kier molecular flexibility index (Phi) is 5.12. The molecule has 7 nitrogen and oxygen atoms in total. The lowest BCUT2D eigenvalue weighted by Crippen LogP contribution is -2.53. The number of carbonyl (C=O) groups excluding carboxylic acids is 1. The summed E-state index contributed by atoms with van der Waals surface area (Å²) in [6.45, 7) is 5.83. The Balaban J connectivity index is 2.71. The van der Waals surface area contributed by atoms with Crippen LogP contribution >= 0.6 is 0 Å². The molecule has 0 saturated heterocycles. The Morgan fingerprint density at radius 2 is 2.20 bits per heavy atom. The zero-order valence-electron chi connectivity index (χ0n) is 12.3. The highest BCUT2D eigenvalue weighted by atomic mass is 16.4. The van der Waals surface area contributed by atoms with Gasteiger partial charge >= 0.3 is 12.0 Å². The van der Waals surface area contributed by atoms with Crippen molar-refractivity contribution in [1.29, 1.82) is 0 Å². The van der Waals surface area contributed by atoms with Crippen molar-refractivity contribution in [2.75, 3.05) is 7.05 Å². The van der Waals surface area contributed by atoms with Crippen molar-refractivity contribution in [3.8, 4) is 0 Å². The van der Waals surface area contributed by atoms with Crippen LogP contribution in [0.15, 0.2) is 12.5 Å². The van der Waals surface area contributed by atoms with Gasteiger partial charge in [-0.15, -0.1) is 0 Å². The maximum Gasteiger partial charge on any atom is 0.326 e. The third-order valence-electron chi connectivity index (χ3n) is 3.65. The highest BCUT2D eigenvalue weighted by Gasteiger charge is 2.29. The van der Waals surface area contributed by atoms with E-state index in [1.807, 2.05) is 20.8 Å². The molecule has 20 heavy (non-hydrogen) atoms. The highest BCUT2D eigenvalue weighted by Crippen LogP contribution is 2.16. The van der Waals surface area contributed by atoms with Crippen molar-refractivity contribution in [2.24, 2.45) is 0 Å². The fourth-order valence-electron chi connectivity index (χ4n) is 1.57. The maximum atomic E-state index is 12.1. The van der Waals surface area contributed by atoms with Crippen LogP contribution < -0.4 is 5.32 Å². The molecule has 7 heteroatoms. The highest BCUT2D eigenvalue weighted by molar-refractivity contribution is 5.83. The van der Waals surface area contributed by atoms with E-state index in [1.54, 1.807) is 13.2 Å². The maximum absolute atomic E-state index is 12.1. The summed E-state index contributed by atoms with van der Waals surface area (Å²) in [5, 5.41) is 11.7. The van der Waals surface area contributed by atoms with Crippen LogP contribution in [0.5, 0.6) is 0 Å². The Morgan fingerprint density at radius 1 is 1.55 bits per heavy atom. The Morgan fingerprint density at radius 3 is 2.65 bits per heavy atom. The average Bonchev–Trinajstić information content (AvgIpc) is 2.89. The lowest BCUT2D eigenvalue weighted by molar-refractivity contribution is -0.139. The second-order valence-corrected chi connectivity index (χ2v) is 5.35. The molecular weight excluding hydrogens is 260 g/mol. The second kappa shape index (κ2) is 6.40. The van der Waals surface area contributed by atoms with E-state index in [0.29, 0.717) is 5.69 Å². The number of hydrogen-bond donors (Lipinski definition) is 3. The van der Waals surface area contributed by atoms with Gasteiger partial charge in [-0.05, 0) is 20.3 Å². The van der Waals surface area contributed by atoms with Crippen LogP contribution in [0.1, 0.15) is 32.9 Å². The van der Waals surface area contributed by atoms with E-state index in [-0.39, 0.29) is 12.0 Å². The molecule has 1 aromatic rings. The van der Waals surface area contributed by atoms with E-state index in [1.165, 1.54) is 11.2 Å². The molecule has 3 N–H and O–H groups in total. The van der Waals surface area contributed by atoms with Gasteiger partial charge in [-0.1, -0.05) is 6.92 Å². The SMILES string of the molecule is CCC(C)(C)N(C)C(=O)N[C@H](Cc1cnc[nH]1)C(=O)O. The molecule has 0 fully saturated rings. The van der Waals surface area contributed by atoms with Crippen molar-refractivity contribution in [3.63, 3.8) is 0 Å². The number of amides is 2. The number of nitrogens with one attached hydrogen (secondary N) is 2. The van der Waals surface area contributed by atoms with Gasteiger partial charge in [0.15, 0.2) is 0 Å². The summed E-state index contributed by atoms with van der Waals surface area (Å²) in [5.74, 6) is -1.07. The summed E-state index contributed by atoms with van der Waals surface area (Å²) in [4.78, 5) is 31.5. The van der Waals surface area contributed by atoms with Crippen molar-refractivity contribution in [2.45, 2.75) is 45.2 Å². The largest absolute Gasteiger partial charge is 0.480 e. The minimum atomic E-state index is -1.07. The van der Waals surface area contributed by atoms with Gasteiger partial charge < -0.3 is 20.3 Å². The summed E-state index contributed by atoms with van der Waals surface area (Å²) < 4.78 is 0. The van der Waals surface area contributed by atoms with Gasteiger partial charge in [0.1, 0.15) is 6.04 Å². The molecule has 0 aliphatic rings. The number of nitrogens with zero attached hydrogens (tertiary/aromatic N) is 2. The molecule has 2 amide bonds. The van der Waals surface area contributed by atoms with E-state index in [9.17, 15) is 14.7 Å². The number of aromatic nitrogens is 2. The zero-order valence-corrected chi connectivity index (χ0v) is 12.3. The number of aliphatic carboxylic acids is 1. The summed E-state index contributed by atoms with van der Waals surface area (Å²) >= 11 is 0. The van der Waals surface area contributed by atoms with Crippen molar-refractivity contribution < 1.29 is 14.7 Å². The molecule has 0 saturated carbocycles. The quantitative estimate of drug-likeness (QED) is 0.731. The summed E-state index contributed by atoms with van der Waals surface area (Å²) in [5.41, 5.74) is 0.330.